The van der Waals surface area contributed by atoms with Crippen molar-refractivity contribution >= 4 is 0 Å². The Morgan fingerprint density at radius 1 is 1.36 bits per heavy atom. The van der Waals surface area contributed by atoms with E-state index < -0.39 is 0 Å². The van der Waals surface area contributed by atoms with Crippen molar-refractivity contribution in [2.75, 3.05) is 47.4 Å². The summed E-state index contributed by atoms with van der Waals surface area (Å²) in [5.74, 6) is 0. The molecule has 0 fully saturated rings. The van der Waals surface area contributed by atoms with Gasteiger partial charge in [0.1, 0.15) is 0 Å². The highest BCUT2D eigenvalue weighted by atomic mass is 16.5. The lowest BCUT2D eigenvalue weighted by atomic mass is 10.2. The minimum atomic E-state index is -0.332. The molecule has 4 heteroatoms. The monoisotopic (exact) mass is 204 g/mol. The third kappa shape index (κ3) is 9.92. The number of ether oxygens (including phenoxy) is 1. The summed E-state index contributed by atoms with van der Waals surface area (Å²) in [6.45, 7) is 3.41. The van der Waals surface area contributed by atoms with E-state index in [4.69, 9.17) is 4.74 Å². The lowest BCUT2D eigenvalue weighted by molar-refractivity contribution is 0.0594. The highest BCUT2D eigenvalue weighted by molar-refractivity contribution is 4.57. The van der Waals surface area contributed by atoms with E-state index >= 15 is 0 Å². The normalized spacial score (nSPS) is 13.5. The zero-order valence-corrected chi connectivity index (χ0v) is 9.62. The summed E-state index contributed by atoms with van der Waals surface area (Å²) in [5.41, 5.74) is 0. The molecule has 0 aromatic rings. The van der Waals surface area contributed by atoms with Gasteiger partial charge >= 0.3 is 0 Å². The molecular formula is C10H24N2O2. The topological polar surface area (TPSA) is 44.7 Å². The number of methoxy groups -OCH3 is 1. The Morgan fingerprint density at radius 3 is 2.64 bits per heavy atom. The molecule has 0 spiro atoms. The molecule has 14 heavy (non-hydrogen) atoms. The van der Waals surface area contributed by atoms with Crippen molar-refractivity contribution < 1.29 is 9.84 Å². The quantitative estimate of drug-likeness (QED) is 0.516. The van der Waals surface area contributed by atoms with Crippen molar-refractivity contribution in [3.63, 3.8) is 0 Å². The van der Waals surface area contributed by atoms with Gasteiger partial charge in [0.2, 0.25) is 0 Å². The smallest absolute Gasteiger partial charge is 0.0785 e. The molecule has 0 aliphatic heterocycles. The number of nitrogens with one attached hydrogen (secondary N) is 1. The van der Waals surface area contributed by atoms with Crippen LogP contribution in [-0.4, -0.2) is 63.6 Å². The summed E-state index contributed by atoms with van der Waals surface area (Å²) in [4.78, 5) is 2.17. The summed E-state index contributed by atoms with van der Waals surface area (Å²) < 4.78 is 4.83. The van der Waals surface area contributed by atoms with Crippen molar-refractivity contribution in [1.29, 1.82) is 0 Å². The molecule has 0 radical (unpaired) electrons. The molecule has 0 saturated heterocycles. The van der Waals surface area contributed by atoms with Crippen molar-refractivity contribution in [2.45, 2.75) is 18.9 Å². The number of aliphatic hydroxyl groups excluding tert-OH is 1. The molecule has 86 valence electrons. The van der Waals surface area contributed by atoms with Crippen molar-refractivity contribution in [3.8, 4) is 0 Å². The minimum absolute atomic E-state index is 0.332. The minimum Gasteiger partial charge on any atom is -0.391 e. The first-order valence-corrected chi connectivity index (χ1v) is 5.19. The first kappa shape index (κ1) is 13.8. The number of nitrogens with zero attached hydrogens (tertiary/aromatic N) is 1. The van der Waals surface area contributed by atoms with Crippen molar-refractivity contribution in [1.82, 2.24) is 10.2 Å². The molecule has 1 atom stereocenters. The van der Waals surface area contributed by atoms with Crippen LogP contribution in [0.3, 0.4) is 0 Å². The van der Waals surface area contributed by atoms with Gasteiger partial charge in [0.15, 0.2) is 0 Å². The standard InChI is InChI=1S/C10H24N2O2/c1-12(2)8-4-6-11-7-5-10(13)9-14-3/h10-11,13H,4-9H2,1-3H3. The highest BCUT2D eigenvalue weighted by Gasteiger charge is 2.01. The summed E-state index contributed by atoms with van der Waals surface area (Å²) in [6, 6.07) is 0. The van der Waals surface area contributed by atoms with E-state index in [2.05, 4.69) is 24.3 Å². The predicted molar refractivity (Wildman–Crippen MR) is 58.5 cm³/mol. The highest BCUT2D eigenvalue weighted by Crippen LogP contribution is 1.90. The summed E-state index contributed by atoms with van der Waals surface area (Å²) >= 11 is 0. The van der Waals surface area contributed by atoms with Crippen LogP contribution in [-0.2, 0) is 4.74 Å². The lowest BCUT2D eigenvalue weighted by Gasteiger charge is -2.11. The van der Waals surface area contributed by atoms with Crippen LogP contribution in [0.5, 0.6) is 0 Å². The van der Waals surface area contributed by atoms with E-state index in [0.29, 0.717) is 6.61 Å². The van der Waals surface area contributed by atoms with Crippen LogP contribution in [0.15, 0.2) is 0 Å². The zero-order valence-electron chi connectivity index (χ0n) is 9.62. The second-order valence-corrected chi connectivity index (χ2v) is 3.80. The summed E-state index contributed by atoms with van der Waals surface area (Å²) in [6.07, 6.45) is 1.57. The molecule has 0 aromatic carbocycles. The molecule has 0 saturated carbocycles. The second-order valence-electron chi connectivity index (χ2n) is 3.80. The average molecular weight is 204 g/mol. The van der Waals surface area contributed by atoms with Gasteiger partial charge in [-0.25, -0.2) is 0 Å². The van der Waals surface area contributed by atoms with Gasteiger partial charge in [-0.05, 0) is 46.6 Å². The van der Waals surface area contributed by atoms with Gasteiger partial charge in [-0.3, -0.25) is 0 Å². The van der Waals surface area contributed by atoms with E-state index in [-0.39, 0.29) is 6.10 Å². The van der Waals surface area contributed by atoms with E-state index in [1.54, 1.807) is 7.11 Å². The largest absolute Gasteiger partial charge is 0.391 e. The number of rotatable bonds is 9. The predicted octanol–water partition coefficient (Wildman–Crippen LogP) is -0.0749. The van der Waals surface area contributed by atoms with Crippen molar-refractivity contribution in [2.24, 2.45) is 0 Å². The van der Waals surface area contributed by atoms with Crippen LogP contribution in [0.4, 0.5) is 0 Å². The fourth-order valence-electron chi connectivity index (χ4n) is 1.19. The first-order valence-electron chi connectivity index (χ1n) is 5.19. The molecular weight excluding hydrogens is 180 g/mol. The first-order chi connectivity index (χ1) is 6.66. The number of hydrogen-bond acceptors (Lipinski definition) is 4. The molecule has 0 aliphatic carbocycles. The third-order valence-electron chi connectivity index (χ3n) is 1.97. The Morgan fingerprint density at radius 2 is 2.07 bits per heavy atom. The van der Waals surface area contributed by atoms with E-state index in [1.165, 1.54) is 0 Å². The molecule has 0 amide bonds. The lowest BCUT2D eigenvalue weighted by Crippen LogP contribution is -2.26. The molecule has 0 rings (SSSR count). The van der Waals surface area contributed by atoms with Crippen LogP contribution in [0.1, 0.15) is 12.8 Å². The Hall–Kier alpha value is -0.160. The Labute approximate surface area is 87.2 Å². The van der Waals surface area contributed by atoms with E-state index in [1.807, 2.05) is 0 Å². The molecule has 1 unspecified atom stereocenters. The maximum Gasteiger partial charge on any atom is 0.0785 e. The number of aliphatic hydroxyl groups is 1. The Bertz CT molecular complexity index is 121. The van der Waals surface area contributed by atoms with Crippen LogP contribution in [0.25, 0.3) is 0 Å². The van der Waals surface area contributed by atoms with Crippen LogP contribution in [0, 0.1) is 0 Å². The van der Waals surface area contributed by atoms with Gasteiger partial charge in [-0.15, -0.1) is 0 Å². The van der Waals surface area contributed by atoms with Crippen LogP contribution >= 0.6 is 0 Å². The molecule has 0 bridgehead atoms. The van der Waals surface area contributed by atoms with E-state index in [0.717, 1.165) is 32.5 Å². The fraction of sp³-hybridized carbons (Fsp3) is 1.00. The molecule has 2 N–H and O–H groups in total. The molecule has 0 heterocycles. The molecule has 0 aromatic heterocycles. The Kier molecular flexibility index (Phi) is 9.29. The second kappa shape index (κ2) is 9.40. The van der Waals surface area contributed by atoms with Crippen LogP contribution < -0.4 is 5.32 Å². The van der Waals surface area contributed by atoms with Gasteiger partial charge in [0.25, 0.3) is 0 Å². The average Bonchev–Trinajstić information content (AvgIpc) is 2.11. The maximum absolute atomic E-state index is 9.32. The SMILES string of the molecule is COCC(O)CCNCCCN(C)C. The third-order valence-corrected chi connectivity index (χ3v) is 1.97. The Balaban J connectivity index is 3.05. The van der Waals surface area contributed by atoms with Crippen molar-refractivity contribution in [3.05, 3.63) is 0 Å². The van der Waals surface area contributed by atoms with Gasteiger partial charge in [0, 0.05) is 7.11 Å². The van der Waals surface area contributed by atoms with Gasteiger partial charge < -0.3 is 20.1 Å². The molecule has 4 nitrogen and oxygen atoms in total. The van der Waals surface area contributed by atoms with E-state index in [9.17, 15) is 5.11 Å². The van der Waals surface area contributed by atoms with Gasteiger partial charge in [-0.2, -0.15) is 0 Å². The molecule has 0 aliphatic rings. The number of hydrogen-bond donors (Lipinski definition) is 2. The summed E-state index contributed by atoms with van der Waals surface area (Å²) in [7, 11) is 5.75. The van der Waals surface area contributed by atoms with Crippen LogP contribution in [0.2, 0.25) is 0 Å². The van der Waals surface area contributed by atoms with Gasteiger partial charge in [-0.1, -0.05) is 0 Å². The van der Waals surface area contributed by atoms with Gasteiger partial charge in [0.05, 0.1) is 12.7 Å². The zero-order chi connectivity index (χ0) is 10.8. The maximum atomic E-state index is 9.32. The summed E-state index contributed by atoms with van der Waals surface area (Å²) in [5, 5.41) is 12.6. The fourth-order valence-corrected chi connectivity index (χ4v) is 1.19.